The first-order valence-electron chi connectivity index (χ1n) is 7.47. The highest BCUT2D eigenvalue weighted by Crippen LogP contribution is 2.34. The fourth-order valence-electron chi connectivity index (χ4n) is 1.59. The van der Waals surface area contributed by atoms with Gasteiger partial charge in [0.05, 0.1) is 6.10 Å². The highest BCUT2D eigenvalue weighted by molar-refractivity contribution is 7.52. The molecule has 128 valence electrons. The molecular formula is C15H29O5PSi. The van der Waals surface area contributed by atoms with E-state index in [1.807, 2.05) is 31.2 Å². The molecule has 0 aromatic heterocycles. The van der Waals surface area contributed by atoms with Crippen LogP contribution in [0.25, 0.3) is 0 Å². The van der Waals surface area contributed by atoms with Crippen molar-refractivity contribution in [2.45, 2.75) is 58.2 Å². The van der Waals surface area contributed by atoms with E-state index >= 15 is 0 Å². The first-order valence-corrected chi connectivity index (χ1v) is 11.5. The van der Waals surface area contributed by atoms with Gasteiger partial charge in [-0.1, -0.05) is 45.1 Å². The summed E-state index contributed by atoms with van der Waals surface area (Å²) in [4.78, 5) is 29.2. The molecule has 0 saturated heterocycles. The van der Waals surface area contributed by atoms with Crippen molar-refractivity contribution in [2.75, 3.05) is 6.16 Å². The van der Waals surface area contributed by atoms with Crippen LogP contribution in [0.1, 0.15) is 40.5 Å². The number of ketones is 1. The van der Waals surface area contributed by atoms with Crippen LogP contribution in [0.2, 0.25) is 11.6 Å². The summed E-state index contributed by atoms with van der Waals surface area (Å²) in [7, 11) is -5.72. The van der Waals surface area contributed by atoms with Gasteiger partial charge in [-0.05, 0) is 24.9 Å². The van der Waals surface area contributed by atoms with E-state index in [2.05, 4.69) is 27.3 Å². The van der Waals surface area contributed by atoms with Gasteiger partial charge in [0.15, 0.2) is 9.04 Å². The molecule has 0 heterocycles. The van der Waals surface area contributed by atoms with Crippen LogP contribution in [0, 0.1) is 0 Å². The maximum absolute atomic E-state index is 11.6. The number of carbonyl (C=O) groups is 1. The van der Waals surface area contributed by atoms with Crippen LogP contribution in [0.5, 0.6) is 0 Å². The van der Waals surface area contributed by atoms with Gasteiger partial charge in [-0.3, -0.25) is 9.36 Å². The van der Waals surface area contributed by atoms with Crippen LogP contribution < -0.4 is 0 Å². The van der Waals surface area contributed by atoms with Gasteiger partial charge in [0, 0.05) is 6.42 Å². The quantitative estimate of drug-likeness (QED) is 0.380. The molecule has 0 aromatic carbocycles. The first kappa shape index (κ1) is 21.5. The van der Waals surface area contributed by atoms with Crippen LogP contribution in [0.3, 0.4) is 0 Å². The second kappa shape index (κ2) is 9.58. The van der Waals surface area contributed by atoms with E-state index in [1.54, 1.807) is 0 Å². The lowest BCUT2D eigenvalue weighted by molar-refractivity contribution is -0.117. The number of rotatable bonds is 9. The van der Waals surface area contributed by atoms with E-state index in [1.165, 1.54) is 0 Å². The van der Waals surface area contributed by atoms with Gasteiger partial charge in [0.25, 0.3) is 0 Å². The average molecular weight is 348 g/mol. The van der Waals surface area contributed by atoms with Crippen molar-refractivity contribution < 1.29 is 23.6 Å². The van der Waals surface area contributed by atoms with Gasteiger partial charge in [0.2, 0.25) is 0 Å². The molecule has 0 aliphatic carbocycles. The summed E-state index contributed by atoms with van der Waals surface area (Å²) in [6.45, 7) is 10.4. The highest BCUT2D eigenvalue weighted by atomic mass is 31.2. The Morgan fingerprint density at radius 3 is 2.36 bits per heavy atom. The van der Waals surface area contributed by atoms with Crippen molar-refractivity contribution in [1.29, 1.82) is 0 Å². The molecule has 0 rings (SSSR count). The summed E-state index contributed by atoms with van der Waals surface area (Å²) in [6, 6.07) is 0. The van der Waals surface area contributed by atoms with Crippen LogP contribution in [-0.4, -0.2) is 36.9 Å². The van der Waals surface area contributed by atoms with E-state index < -0.39 is 28.6 Å². The largest absolute Gasteiger partial charge is 0.413 e. The van der Waals surface area contributed by atoms with E-state index in [-0.39, 0.29) is 17.6 Å². The fraction of sp³-hybridized carbons (Fsp3) is 0.667. The molecular weight excluding hydrogens is 319 g/mol. The summed E-state index contributed by atoms with van der Waals surface area (Å²) >= 11 is 0. The molecule has 22 heavy (non-hydrogen) atoms. The molecule has 7 heteroatoms. The minimum atomic E-state index is -4.27. The Balaban J connectivity index is 4.67. The van der Waals surface area contributed by atoms with Crippen molar-refractivity contribution in [3.05, 3.63) is 24.3 Å². The van der Waals surface area contributed by atoms with E-state index in [9.17, 15) is 9.36 Å². The zero-order valence-electron chi connectivity index (χ0n) is 14.2. The second-order valence-electron chi connectivity index (χ2n) is 6.49. The minimum Gasteiger partial charge on any atom is -0.413 e. The summed E-state index contributed by atoms with van der Waals surface area (Å²) in [6.07, 6.45) is 7.24. The van der Waals surface area contributed by atoms with Crippen LogP contribution in [0.15, 0.2) is 24.3 Å². The zero-order valence-corrected chi connectivity index (χ0v) is 16.2. The second-order valence-corrected chi connectivity index (χ2v) is 11.4. The van der Waals surface area contributed by atoms with Crippen LogP contribution in [-0.2, 0) is 13.8 Å². The SMILES string of the molecule is C/C=C/C=C/[C@H](CCC(=O)CP(=O)(O)O)O[SiH](C)C(C)(C)C. The van der Waals surface area contributed by atoms with Crippen molar-refractivity contribution in [1.82, 2.24) is 0 Å². The smallest absolute Gasteiger partial charge is 0.332 e. The van der Waals surface area contributed by atoms with Crippen molar-refractivity contribution in [3.63, 3.8) is 0 Å². The Morgan fingerprint density at radius 1 is 1.32 bits per heavy atom. The molecule has 0 bridgehead atoms. The Kier molecular flexibility index (Phi) is 9.35. The number of Topliss-reactive ketones (excluding diaryl/α,β-unsaturated/α-hetero) is 1. The standard InChI is InChI=1S/C15H29O5PSi/c1-6-7-8-9-14(20-22(5)15(2,3)4)11-10-13(16)12-21(17,18)19/h6-9,14,22H,10-12H2,1-5H3,(H2,17,18,19)/b7-6+,9-8+/t14-,22?/m1/s1. The molecule has 0 radical (unpaired) electrons. The lowest BCUT2D eigenvalue weighted by Gasteiger charge is -2.29. The average Bonchev–Trinajstić information content (AvgIpc) is 2.32. The summed E-state index contributed by atoms with van der Waals surface area (Å²) in [5, 5.41) is 0.114. The monoisotopic (exact) mass is 348 g/mol. The molecule has 5 nitrogen and oxygen atoms in total. The summed E-state index contributed by atoms with van der Waals surface area (Å²) in [5.41, 5.74) is 0. The molecule has 1 unspecified atom stereocenters. The lowest BCUT2D eigenvalue weighted by Crippen LogP contribution is -2.30. The van der Waals surface area contributed by atoms with Gasteiger partial charge in [-0.15, -0.1) is 0 Å². The first-order chi connectivity index (χ1) is 9.95. The maximum atomic E-state index is 11.6. The Hall–Kier alpha value is -0.523. The number of hydrogen-bond donors (Lipinski definition) is 2. The maximum Gasteiger partial charge on any atom is 0.332 e. The molecule has 0 aromatic rings. The summed E-state index contributed by atoms with van der Waals surface area (Å²) in [5.74, 6) is -0.425. The molecule has 0 amide bonds. The van der Waals surface area contributed by atoms with Crippen molar-refractivity contribution >= 4 is 22.4 Å². The zero-order chi connectivity index (χ0) is 17.4. The lowest BCUT2D eigenvalue weighted by atomic mass is 10.1. The number of allylic oxidation sites excluding steroid dienone is 3. The molecule has 0 aliphatic rings. The Morgan fingerprint density at radius 2 is 1.91 bits per heavy atom. The predicted molar refractivity (Wildman–Crippen MR) is 92.7 cm³/mol. The predicted octanol–water partition coefficient (Wildman–Crippen LogP) is 3.18. The molecule has 0 fully saturated rings. The Labute approximate surface area is 135 Å². The van der Waals surface area contributed by atoms with Crippen LogP contribution in [0.4, 0.5) is 0 Å². The molecule has 0 saturated carbocycles. The van der Waals surface area contributed by atoms with E-state index in [0.717, 1.165) is 0 Å². The minimum absolute atomic E-state index is 0.112. The topological polar surface area (TPSA) is 83.8 Å². The molecule has 2 atom stereocenters. The molecule has 2 N–H and O–H groups in total. The Bertz CT molecular complexity index is 447. The number of hydrogen-bond acceptors (Lipinski definition) is 3. The van der Waals surface area contributed by atoms with Crippen molar-refractivity contribution in [2.24, 2.45) is 0 Å². The van der Waals surface area contributed by atoms with E-state index in [4.69, 9.17) is 14.2 Å². The summed E-state index contributed by atoms with van der Waals surface area (Å²) < 4.78 is 16.9. The van der Waals surface area contributed by atoms with Gasteiger partial charge in [-0.25, -0.2) is 0 Å². The normalized spacial score (nSPS) is 16.3. The van der Waals surface area contributed by atoms with Gasteiger partial charge >= 0.3 is 7.60 Å². The van der Waals surface area contributed by atoms with Crippen LogP contribution >= 0.6 is 7.60 Å². The van der Waals surface area contributed by atoms with Gasteiger partial charge in [-0.2, -0.15) is 0 Å². The van der Waals surface area contributed by atoms with E-state index in [0.29, 0.717) is 6.42 Å². The van der Waals surface area contributed by atoms with Gasteiger partial charge < -0.3 is 14.2 Å². The highest BCUT2D eigenvalue weighted by Gasteiger charge is 2.26. The molecule has 0 aliphatic heterocycles. The van der Waals surface area contributed by atoms with Gasteiger partial charge in [0.1, 0.15) is 11.9 Å². The third kappa shape index (κ3) is 11.1. The fourth-order valence-corrected chi connectivity index (χ4v) is 3.36. The third-order valence-electron chi connectivity index (χ3n) is 3.32. The number of carbonyl (C=O) groups excluding carboxylic acids is 1. The third-order valence-corrected chi connectivity index (χ3v) is 7.28. The van der Waals surface area contributed by atoms with Crippen molar-refractivity contribution in [3.8, 4) is 0 Å². The molecule has 0 spiro atoms.